The van der Waals surface area contributed by atoms with Crippen molar-refractivity contribution in [1.29, 1.82) is 0 Å². The lowest BCUT2D eigenvalue weighted by molar-refractivity contribution is 0.306. The van der Waals surface area contributed by atoms with E-state index in [1.165, 1.54) is 13.1 Å². The van der Waals surface area contributed by atoms with Crippen molar-refractivity contribution >= 4 is 10.0 Å². The molecule has 0 aromatic heterocycles. The first-order valence-corrected chi connectivity index (χ1v) is 7.46. The highest BCUT2D eigenvalue weighted by Gasteiger charge is 2.16. The number of rotatable bonds is 8. The zero-order valence-electron chi connectivity index (χ0n) is 10.8. The number of nitrogens with one attached hydrogen (secondary N) is 2. The summed E-state index contributed by atoms with van der Waals surface area (Å²) in [5.41, 5.74) is 0. The zero-order valence-corrected chi connectivity index (χ0v) is 11.6. The van der Waals surface area contributed by atoms with E-state index in [2.05, 4.69) is 17.0 Å². The molecule has 5 nitrogen and oxygen atoms in total. The minimum absolute atomic E-state index is 0.169. The molecule has 0 spiro atoms. The van der Waals surface area contributed by atoms with Crippen LogP contribution in [0.15, 0.2) is 29.2 Å². The van der Waals surface area contributed by atoms with Crippen LogP contribution in [0.5, 0.6) is 5.75 Å². The molecule has 1 aromatic rings. The fourth-order valence-electron chi connectivity index (χ4n) is 1.44. The Balaban J connectivity index is 2.66. The first kappa shape index (κ1) is 14.9. The average Bonchev–Trinajstić information content (AvgIpc) is 2.39. The quantitative estimate of drug-likeness (QED) is 0.692. The van der Waals surface area contributed by atoms with Crippen molar-refractivity contribution in [2.75, 3.05) is 26.7 Å². The summed E-state index contributed by atoms with van der Waals surface area (Å²) in [4.78, 5) is 0.169. The molecule has 102 valence electrons. The van der Waals surface area contributed by atoms with Crippen LogP contribution in [0.2, 0.25) is 0 Å². The molecule has 0 radical (unpaired) electrons. The van der Waals surface area contributed by atoms with E-state index in [0.717, 1.165) is 13.0 Å². The standard InChI is InChI=1S/C12H20N2O3S/c1-3-8-14-9-10-17-11-6-4-5-7-12(11)18(15,16)13-2/h4-7,13-14H,3,8-10H2,1-2H3. The number of ether oxygens (including phenoxy) is 1. The second-order valence-electron chi connectivity index (χ2n) is 3.75. The molecular formula is C12H20N2O3S. The SMILES string of the molecule is CCCNCCOc1ccccc1S(=O)(=O)NC. The summed E-state index contributed by atoms with van der Waals surface area (Å²) in [7, 11) is -2.09. The van der Waals surface area contributed by atoms with Crippen molar-refractivity contribution in [3.8, 4) is 5.75 Å². The van der Waals surface area contributed by atoms with Crippen molar-refractivity contribution < 1.29 is 13.2 Å². The summed E-state index contributed by atoms with van der Waals surface area (Å²) in [6.45, 7) is 4.15. The Morgan fingerprint density at radius 3 is 2.61 bits per heavy atom. The van der Waals surface area contributed by atoms with Gasteiger partial charge in [0, 0.05) is 6.54 Å². The van der Waals surface area contributed by atoms with E-state index in [4.69, 9.17) is 4.74 Å². The summed E-state index contributed by atoms with van der Waals surface area (Å²) in [5, 5.41) is 3.19. The Hall–Kier alpha value is -1.11. The average molecular weight is 272 g/mol. The molecule has 0 fully saturated rings. The topological polar surface area (TPSA) is 67.4 Å². The van der Waals surface area contributed by atoms with E-state index in [1.807, 2.05) is 0 Å². The molecule has 18 heavy (non-hydrogen) atoms. The van der Waals surface area contributed by atoms with Gasteiger partial charge in [-0.25, -0.2) is 13.1 Å². The molecule has 0 amide bonds. The van der Waals surface area contributed by atoms with Gasteiger partial charge in [-0.2, -0.15) is 0 Å². The van der Waals surface area contributed by atoms with Crippen LogP contribution in [0, 0.1) is 0 Å². The van der Waals surface area contributed by atoms with Gasteiger partial charge in [-0.1, -0.05) is 19.1 Å². The van der Waals surface area contributed by atoms with Gasteiger partial charge < -0.3 is 10.1 Å². The molecule has 0 bridgehead atoms. The largest absolute Gasteiger partial charge is 0.491 e. The highest BCUT2D eigenvalue weighted by molar-refractivity contribution is 7.89. The molecule has 0 aliphatic rings. The predicted octanol–water partition coefficient (Wildman–Crippen LogP) is 0.973. The van der Waals surface area contributed by atoms with Crippen LogP contribution in [-0.4, -0.2) is 35.2 Å². The van der Waals surface area contributed by atoms with Gasteiger partial charge in [0.15, 0.2) is 0 Å². The maximum absolute atomic E-state index is 11.8. The van der Waals surface area contributed by atoms with E-state index in [1.54, 1.807) is 18.2 Å². The van der Waals surface area contributed by atoms with Gasteiger partial charge in [-0.15, -0.1) is 0 Å². The molecule has 1 rings (SSSR count). The van der Waals surface area contributed by atoms with E-state index >= 15 is 0 Å². The first-order valence-electron chi connectivity index (χ1n) is 5.98. The monoisotopic (exact) mass is 272 g/mol. The van der Waals surface area contributed by atoms with Crippen molar-refractivity contribution in [2.24, 2.45) is 0 Å². The van der Waals surface area contributed by atoms with Gasteiger partial charge in [0.05, 0.1) is 0 Å². The molecule has 2 N–H and O–H groups in total. The second kappa shape index (κ2) is 7.35. The van der Waals surface area contributed by atoms with Crippen LogP contribution >= 0.6 is 0 Å². The van der Waals surface area contributed by atoms with E-state index in [9.17, 15) is 8.42 Å². The Morgan fingerprint density at radius 2 is 1.94 bits per heavy atom. The van der Waals surface area contributed by atoms with Crippen LogP contribution in [0.1, 0.15) is 13.3 Å². The Morgan fingerprint density at radius 1 is 1.22 bits per heavy atom. The third kappa shape index (κ3) is 4.29. The minimum atomic E-state index is -3.47. The van der Waals surface area contributed by atoms with Gasteiger partial charge in [-0.05, 0) is 32.1 Å². The van der Waals surface area contributed by atoms with Crippen LogP contribution in [0.25, 0.3) is 0 Å². The van der Waals surface area contributed by atoms with E-state index in [0.29, 0.717) is 18.9 Å². The Kier molecular flexibility index (Phi) is 6.11. The van der Waals surface area contributed by atoms with Gasteiger partial charge in [0.25, 0.3) is 0 Å². The number of para-hydroxylation sites is 1. The number of sulfonamides is 1. The maximum Gasteiger partial charge on any atom is 0.243 e. The third-order valence-electron chi connectivity index (χ3n) is 2.37. The van der Waals surface area contributed by atoms with Crippen LogP contribution < -0.4 is 14.8 Å². The smallest absolute Gasteiger partial charge is 0.243 e. The molecule has 0 heterocycles. The summed E-state index contributed by atoms with van der Waals surface area (Å²) in [6.07, 6.45) is 1.06. The fraction of sp³-hybridized carbons (Fsp3) is 0.500. The van der Waals surface area contributed by atoms with Crippen LogP contribution in [0.4, 0.5) is 0 Å². The third-order valence-corrected chi connectivity index (χ3v) is 3.82. The number of hydrogen-bond donors (Lipinski definition) is 2. The predicted molar refractivity (Wildman–Crippen MR) is 71.3 cm³/mol. The van der Waals surface area contributed by atoms with Crippen molar-refractivity contribution in [3.05, 3.63) is 24.3 Å². The maximum atomic E-state index is 11.8. The molecule has 0 atom stereocenters. The highest BCUT2D eigenvalue weighted by atomic mass is 32.2. The zero-order chi connectivity index (χ0) is 13.4. The second-order valence-corrected chi connectivity index (χ2v) is 5.61. The Bertz CT molecular complexity index is 460. The Labute approximate surface area is 109 Å². The summed E-state index contributed by atoms with van der Waals surface area (Å²) >= 11 is 0. The highest BCUT2D eigenvalue weighted by Crippen LogP contribution is 2.22. The van der Waals surface area contributed by atoms with E-state index in [-0.39, 0.29) is 4.90 Å². The molecular weight excluding hydrogens is 252 g/mol. The first-order chi connectivity index (χ1) is 8.61. The van der Waals surface area contributed by atoms with Gasteiger partial charge in [0.2, 0.25) is 10.0 Å². The van der Waals surface area contributed by atoms with Crippen molar-refractivity contribution in [1.82, 2.24) is 10.0 Å². The molecule has 0 unspecified atom stereocenters. The van der Waals surface area contributed by atoms with Gasteiger partial charge >= 0.3 is 0 Å². The lowest BCUT2D eigenvalue weighted by atomic mass is 10.3. The number of hydrogen-bond acceptors (Lipinski definition) is 4. The van der Waals surface area contributed by atoms with Crippen molar-refractivity contribution in [3.63, 3.8) is 0 Å². The summed E-state index contributed by atoms with van der Waals surface area (Å²) in [6, 6.07) is 6.61. The molecule has 6 heteroatoms. The summed E-state index contributed by atoms with van der Waals surface area (Å²) < 4.78 is 31.3. The minimum Gasteiger partial charge on any atom is -0.491 e. The molecule has 1 aromatic carbocycles. The normalized spacial score (nSPS) is 11.4. The molecule has 0 saturated carbocycles. The van der Waals surface area contributed by atoms with Crippen LogP contribution in [-0.2, 0) is 10.0 Å². The molecule has 0 aliphatic carbocycles. The fourth-order valence-corrected chi connectivity index (χ4v) is 2.31. The van der Waals surface area contributed by atoms with Crippen molar-refractivity contribution in [2.45, 2.75) is 18.2 Å². The van der Waals surface area contributed by atoms with Crippen LogP contribution in [0.3, 0.4) is 0 Å². The molecule has 0 saturated heterocycles. The lowest BCUT2D eigenvalue weighted by Gasteiger charge is -2.11. The molecule has 0 aliphatic heterocycles. The lowest BCUT2D eigenvalue weighted by Crippen LogP contribution is -2.23. The van der Waals surface area contributed by atoms with Gasteiger partial charge in [-0.3, -0.25) is 0 Å². The van der Waals surface area contributed by atoms with Gasteiger partial charge in [0.1, 0.15) is 17.3 Å². The summed E-state index contributed by atoms with van der Waals surface area (Å²) in [5.74, 6) is 0.380. The van der Waals surface area contributed by atoms with E-state index < -0.39 is 10.0 Å². The number of benzene rings is 1.